The highest BCUT2D eigenvalue weighted by Crippen LogP contribution is 2.34. The Kier molecular flexibility index (Phi) is 3.56. The highest BCUT2D eigenvalue weighted by Gasteiger charge is 2.10. The molecule has 2 N–H and O–H groups in total. The van der Waals surface area contributed by atoms with Gasteiger partial charge in [-0.05, 0) is 29.8 Å². The van der Waals surface area contributed by atoms with Crippen molar-refractivity contribution in [3.05, 3.63) is 79.0 Å². The Morgan fingerprint density at radius 3 is 2.50 bits per heavy atom. The Bertz CT molecular complexity index is 1000. The van der Waals surface area contributed by atoms with Gasteiger partial charge in [-0.3, -0.25) is 0 Å². The highest BCUT2D eigenvalue weighted by molar-refractivity contribution is 5.78. The van der Waals surface area contributed by atoms with Crippen molar-refractivity contribution in [1.82, 2.24) is 9.97 Å². The van der Waals surface area contributed by atoms with E-state index in [-0.39, 0.29) is 0 Å². The Morgan fingerprint density at radius 1 is 0.833 bits per heavy atom. The average Bonchev–Trinajstić information content (AvgIpc) is 2.64. The number of ether oxygens (including phenoxy) is 1. The van der Waals surface area contributed by atoms with Gasteiger partial charge in [-0.2, -0.15) is 4.98 Å². The van der Waals surface area contributed by atoms with Gasteiger partial charge in [-0.1, -0.05) is 48.5 Å². The van der Waals surface area contributed by atoms with E-state index in [1.54, 1.807) is 6.20 Å². The lowest BCUT2D eigenvalue weighted by atomic mass is 10.0. The Hall–Kier alpha value is -3.40. The molecule has 4 rings (SSSR count). The summed E-state index contributed by atoms with van der Waals surface area (Å²) in [5.41, 5.74) is 9.41. The lowest BCUT2D eigenvalue weighted by Gasteiger charge is -2.11. The summed E-state index contributed by atoms with van der Waals surface area (Å²) < 4.78 is 5.95. The van der Waals surface area contributed by atoms with E-state index < -0.39 is 0 Å². The molecule has 4 heteroatoms. The molecule has 4 aromatic rings. The Morgan fingerprint density at radius 2 is 1.62 bits per heavy atom. The van der Waals surface area contributed by atoms with E-state index >= 15 is 0 Å². The molecule has 1 aromatic heterocycles. The number of fused-ring (bicyclic) bond motifs is 1. The van der Waals surface area contributed by atoms with Crippen molar-refractivity contribution >= 4 is 16.6 Å². The van der Waals surface area contributed by atoms with Crippen LogP contribution in [0.15, 0.2) is 79.0 Å². The molecule has 0 radical (unpaired) electrons. The molecule has 4 nitrogen and oxygen atoms in total. The van der Waals surface area contributed by atoms with Crippen LogP contribution >= 0.6 is 0 Å². The number of benzene rings is 3. The molecule has 24 heavy (non-hydrogen) atoms. The molecule has 3 aromatic carbocycles. The predicted molar refractivity (Wildman–Crippen MR) is 95.9 cm³/mol. The molecule has 116 valence electrons. The molecule has 0 unspecified atom stereocenters. The minimum atomic E-state index is 0.315. The lowest BCUT2D eigenvalue weighted by molar-refractivity contribution is 0.446. The van der Waals surface area contributed by atoms with E-state index in [1.165, 1.54) is 0 Å². The maximum atomic E-state index is 5.95. The monoisotopic (exact) mass is 313 g/mol. The topological polar surface area (TPSA) is 61.0 Å². The molecule has 0 saturated carbocycles. The zero-order valence-electron chi connectivity index (χ0n) is 12.9. The van der Waals surface area contributed by atoms with E-state index in [2.05, 4.69) is 9.97 Å². The second-order valence-electron chi connectivity index (χ2n) is 5.44. The summed E-state index contributed by atoms with van der Waals surface area (Å²) in [4.78, 5) is 8.76. The van der Waals surface area contributed by atoms with Crippen molar-refractivity contribution in [2.24, 2.45) is 0 Å². The summed E-state index contributed by atoms with van der Waals surface area (Å²) in [6.07, 6.45) is 1.76. The van der Waals surface area contributed by atoms with Gasteiger partial charge >= 0.3 is 6.01 Å². The standard InChI is InChI=1S/C20H15N3O/c21-16-10-11-19(17(12-16)14-6-2-1-3-7-14)24-20-22-13-15-8-4-5-9-18(15)23-20/h1-13H,21H2. The zero-order chi connectivity index (χ0) is 16.4. The molecule has 0 atom stereocenters. The van der Waals surface area contributed by atoms with E-state index in [9.17, 15) is 0 Å². The van der Waals surface area contributed by atoms with Crippen LogP contribution in [0.2, 0.25) is 0 Å². The van der Waals surface area contributed by atoms with Crippen molar-refractivity contribution in [3.8, 4) is 22.9 Å². The summed E-state index contributed by atoms with van der Waals surface area (Å²) >= 11 is 0. The third-order valence-corrected chi connectivity index (χ3v) is 3.76. The summed E-state index contributed by atoms with van der Waals surface area (Å²) in [7, 11) is 0. The lowest BCUT2D eigenvalue weighted by Crippen LogP contribution is -1.95. The van der Waals surface area contributed by atoms with Crippen molar-refractivity contribution in [1.29, 1.82) is 0 Å². The second-order valence-corrected chi connectivity index (χ2v) is 5.44. The zero-order valence-corrected chi connectivity index (χ0v) is 12.9. The molecular formula is C20H15N3O. The van der Waals surface area contributed by atoms with Crippen LogP contribution in [0.25, 0.3) is 22.0 Å². The molecule has 0 fully saturated rings. The van der Waals surface area contributed by atoms with Gasteiger partial charge in [0.15, 0.2) is 0 Å². The van der Waals surface area contributed by atoms with Gasteiger partial charge in [0.1, 0.15) is 5.75 Å². The highest BCUT2D eigenvalue weighted by atomic mass is 16.5. The maximum absolute atomic E-state index is 5.95. The summed E-state index contributed by atoms with van der Waals surface area (Å²) in [6.45, 7) is 0. The molecule has 0 aliphatic rings. The number of nitrogens with zero attached hydrogens (tertiary/aromatic N) is 2. The van der Waals surface area contributed by atoms with E-state index in [0.717, 1.165) is 22.0 Å². The van der Waals surface area contributed by atoms with Crippen LogP contribution in [-0.2, 0) is 0 Å². The molecular weight excluding hydrogens is 298 g/mol. The molecule has 0 aliphatic heterocycles. The number of nitrogen functional groups attached to an aromatic ring is 1. The average molecular weight is 313 g/mol. The number of para-hydroxylation sites is 1. The van der Waals surface area contributed by atoms with Gasteiger partial charge < -0.3 is 10.5 Å². The van der Waals surface area contributed by atoms with Crippen molar-refractivity contribution in [2.75, 3.05) is 5.73 Å². The first kappa shape index (κ1) is 14.2. The smallest absolute Gasteiger partial charge is 0.322 e. The Labute approximate surface area is 139 Å². The second kappa shape index (κ2) is 6.01. The van der Waals surface area contributed by atoms with E-state index in [4.69, 9.17) is 10.5 Å². The number of nitrogens with two attached hydrogens (primary N) is 1. The third kappa shape index (κ3) is 2.77. The fourth-order valence-corrected chi connectivity index (χ4v) is 2.58. The number of hydrogen-bond acceptors (Lipinski definition) is 4. The van der Waals surface area contributed by atoms with Crippen LogP contribution in [0.3, 0.4) is 0 Å². The summed E-state index contributed by atoms with van der Waals surface area (Å²) in [5, 5.41) is 0.977. The quantitative estimate of drug-likeness (QED) is 0.558. The predicted octanol–water partition coefficient (Wildman–Crippen LogP) is 4.67. The van der Waals surface area contributed by atoms with Crippen molar-refractivity contribution in [3.63, 3.8) is 0 Å². The van der Waals surface area contributed by atoms with Gasteiger partial charge in [-0.25, -0.2) is 4.98 Å². The first-order chi connectivity index (χ1) is 11.8. The van der Waals surface area contributed by atoms with Crippen molar-refractivity contribution < 1.29 is 4.74 Å². The molecule has 0 bridgehead atoms. The van der Waals surface area contributed by atoms with Gasteiger partial charge in [0.25, 0.3) is 0 Å². The van der Waals surface area contributed by atoms with Gasteiger partial charge in [0.2, 0.25) is 0 Å². The number of anilines is 1. The SMILES string of the molecule is Nc1ccc(Oc2ncc3ccccc3n2)c(-c2ccccc2)c1. The number of aromatic nitrogens is 2. The van der Waals surface area contributed by atoms with Gasteiger partial charge in [-0.15, -0.1) is 0 Å². The summed E-state index contributed by atoms with van der Waals surface area (Å²) in [5.74, 6) is 0.672. The van der Waals surface area contributed by atoms with Gasteiger partial charge in [0.05, 0.1) is 5.52 Å². The fraction of sp³-hybridized carbons (Fsp3) is 0. The minimum Gasteiger partial charge on any atom is -0.424 e. The largest absolute Gasteiger partial charge is 0.424 e. The molecule has 0 saturated heterocycles. The van der Waals surface area contributed by atoms with Crippen LogP contribution in [0.5, 0.6) is 11.8 Å². The first-order valence-corrected chi connectivity index (χ1v) is 7.64. The first-order valence-electron chi connectivity index (χ1n) is 7.64. The van der Waals surface area contributed by atoms with Crippen molar-refractivity contribution in [2.45, 2.75) is 0 Å². The molecule has 0 spiro atoms. The van der Waals surface area contributed by atoms with Gasteiger partial charge in [0, 0.05) is 22.8 Å². The van der Waals surface area contributed by atoms with Crippen LogP contribution in [0, 0.1) is 0 Å². The van der Waals surface area contributed by atoms with Crippen LogP contribution in [-0.4, -0.2) is 9.97 Å². The molecule has 1 heterocycles. The normalized spacial score (nSPS) is 10.7. The van der Waals surface area contributed by atoms with E-state index in [1.807, 2.05) is 72.8 Å². The van der Waals surface area contributed by atoms with Crippen LogP contribution < -0.4 is 10.5 Å². The third-order valence-electron chi connectivity index (χ3n) is 3.76. The number of hydrogen-bond donors (Lipinski definition) is 1. The van der Waals surface area contributed by atoms with Crippen LogP contribution in [0.4, 0.5) is 5.69 Å². The molecule has 0 amide bonds. The Balaban J connectivity index is 1.76. The summed E-state index contributed by atoms with van der Waals surface area (Å²) in [6, 6.07) is 23.6. The minimum absolute atomic E-state index is 0.315. The van der Waals surface area contributed by atoms with Crippen LogP contribution in [0.1, 0.15) is 0 Å². The fourth-order valence-electron chi connectivity index (χ4n) is 2.58. The molecule has 0 aliphatic carbocycles. The maximum Gasteiger partial charge on any atom is 0.322 e. The van der Waals surface area contributed by atoms with E-state index in [0.29, 0.717) is 17.4 Å². The number of rotatable bonds is 3.